The van der Waals surface area contributed by atoms with Crippen molar-refractivity contribution in [2.24, 2.45) is 5.92 Å². The zero-order chi connectivity index (χ0) is 14.6. The molecule has 1 saturated carbocycles. The summed E-state index contributed by atoms with van der Waals surface area (Å²) < 4.78 is 0. The van der Waals surface area contributed by atoms with Gasteiger partial charge >= 0.3 is 0 Å². The Morgan fingerprint density at radius 3 is 2.70 bits per heavy atom. The minimum Gasteiger partial charge on any atom is -0.337 e. The molecule has 1 aliphatic carbocycles. The predicted octanol–water partition coefficient (Wildman–Crippen LogP) is 3.38. The molecule has 1 aromatic carbocycles. The van der Waals surface area contributed by atoms with E-state index >= 15 is 0 Å². The van der Waals surface area contributed by atoms with Gasteiger partial charge < -0.3 is 5.32 Å². The van der Waals surface area contributed by atoms with Gasteiger partial charge in [-0.3, -0.25) is 4.79 Å². The highest BCUT2D eigenvalue weighted by molar-refractivity contribution is 7.99. The molecule has 1 amide bonds. The number of nitrogens with one attached hydrogen (secondary N) is 1. The zero-order valence-electron chi connectivity index (χ0n) is 11.4. The summed E-state index contributed by atoms with van der Waals surface area (Å²) in [6.07, 6.45) is 2.06. The third-order valence-electron chi connectivity index (χ3n) is 3.44. The lowest BCUT2D eigenvalue weighted by Gasteiger charge is -2.22. The molecule has 0 aromatic heterocycles. The predicted molar refractivity (Wildman–Crippen MR) is 82.5 cm³/mol. The van der Waals surface area contributed by atoms with Crippen molar-refractivity contribution in [2.45, 2.75) is 31.1 Å². The number of carbonyl (C=O) groups is 1. The van der Waals surface area contributed by atoms with Crippen molar-refractivity contribution in [2.75, 3.05) is 5.75 Å². The molecular weight excluding hydrogens is 292 g/mol. The highest BCUT2D eigenvalue weighted by atomic mass is 35.5. The molecule has 20 heavy (non-hydrogen) atoms. The molecule has 0 aliphatic heterocycles. The van der Waals surface area contributed by atoms with Gasteiger partial charge in [0.25, 0.3) is 0 Å². The molecule has 2 rings (SSSR count). The van der Waals surface area contributed by atoms with E-state index in [1.54, 1.807) is 0 Å². The van der Waals surface area contributed by atoms with Gasteiger partial charge in [0, 0.05) is 10.8 Å². The van der Waals surface area contributed by atoms with E-state index in [0.29, 0.717) is 16.7 Å². The summed E-state index contributed by atoms with van der Waals surface area (Å²) in [6.45, 7) is 1.81. The van der Waals surface area contributed by atoms with Crippen LogP contribution in [0.15, 0.2) is 24.3 Å². The quantitative estimate of drug-likeness (QED) is 0.876. The fourth-order valence-corrected chi connectivity index (χ4v) is 2.96. The number of nitrogens with zero attached hydrogens (tertiary/aromatic N) is 1. The molecule has 106 valence electrons. The third kappa shape index (κ3) is 4.16. The van der Waals surface area contributed by atoms with E-state index in [0.717, 1.165) is 24.2 Å². The monoisotopic (exact) mass is 308 g/mol. The lowest BCUT2D eigenvalue weighted by atomic mass is 9.98. The Hall–Kier alpha value is -1.18. The van der Waals surface area contributed by atoms with Crippen LogP contribution >= 0.6 is 23.4 Å². The molecule has 1 aromatic rings. The molecule has 1 unspecified atom stereocenters. The lowest BCUT2D eigenvalue weighted by Crippen LogP contribution is -2.47. The minimum atomic E-state index is -0.697. The second-order valence-electron chi connectivity index (χ2n) is 5.26. The first-order valence-electron chi connectivity index (χ1n) is 6.58. The molecule has 1 atom stereocenters. The van der Waals surface area contributed by atoms with Crippen molar-refractivity contribution < 1.29 is 4.79 Å². The number of thioether (sulfide) groups is 1. The fraction of sp³-hybridized carbons (Fsp3) is 0.467. The fourth-order valence-electron chi connectivity index (χ4n) is 2.05. The first-order valence-corrected chi connectivity index (χ1v) is 8.11. The van der Waals surface area contributed by atoms with Gasteiger partial charge in [0.15, 0.2) is 0 Å². The number of rotatable bonds is 6. The Morgan fingerprint density at radius 2 is 2.15 bits per heavy atom. The third-order valence-corrected chi connectivity index (χ3v) is 4.70. The first-order chi connectivity index (χ1) is 9.53. The van der Waals surface area contributed by atoms with Crippen LogP contribution in [0.25, 0.3) is 0 Å². The van der Waals surface area contributed by atoms with E-state index in [9.17, 15) is 10.1 Å². The molecule has 0 bridgehead atoms. The van der Waals surface area contributed by atoms with Crippen LogP contribution in [0, 0.1) is 17.2 Å². The number of benzene rings is 1. The topological polar surface area (TPSA) is 52.9 Å². The SMILES string of the molecule is CC(C#N)(NC(=O)CSCc1ccc(Cl)cc1)C1CC1. The molecule has 0 radical (unpaired) electrons. The summed E-state index contributed by atoms with van der Waals surface area (Å²) in [7, 11) is 0. The zero-order valence-corrected chi connectivity index (χ0v) is 12.9. The van der Waals surface area contributed by atoms with Crippen molar-refractivity contribution >= 4 is 29.3 Å². The molecular formula is C15H17ClN2OS. The molecule has 1 N–H and O–H groups in total. The number of carbonyl (C=O) groups excluding carboxylic acids is 1. The molecule has 0 saturated heterocycles. The average molecular weight is 309 g/mol. The van der Waals surface area contributed by atoms with E-state index in [1.807, 2.05) is 31.2 Å². The summed E-state index contributed by atoms with van der Waals surface area (Å²) in [5, 5.41) is 12.8. The van der Waals surface area contributed by atoms with E-state index < -0.39 is 5.54 Å². The van der Waals surface area contributed by atoms with E-state index in [-0.39, 0.29) is 5.91 Å². The summed E-state index contributed by atoms with van der Waals surface area (Å²) in [6, 6.07) is 9.83. The smallest absolute Gasteiger partial charge is 0.231 e. The van der Waals surface area contributed by atoms with Crippen molar-refractivity contribution in [3.05, 3.63) is 34.9 Å². The maximum atomic E-state index is 11.9. The van der Waals surface area contributed by atoms with Gasteiger partial charge in [-0.1, -0.05) is 23.7 Å². The van der Waals surface area contributed by atoms with Crippen molar-refractivity contribution in [1.82, 2.24) is 5.32 Å². The molecule has 1 aliphatic rings. The Labute approximate surface area is 128 Å². The largest absolute Gasteiger partial charge is 0.337 e. The summed E-state index contributed by atoms with van der Waals surface area (Å²) in [5.41, 5.74) is 0.440. The lowest BCUT2D eigenvalue weighted by molar-refractivity contribution is -0.119. The van der Waals surface area contributed by atoms with E-state index in [4.69, 9.17) is 11.6 Å². The van der Waals surface area contributed by atoms with E-state index in [2.05, 4.69) is 11.4 Å². The number of halogens is 1. The average Bonchev–Trinajstić information content (AvgIpc) is 3.25. The van der Waals surface area contributed by atoms with Crippen LogP contribution in [0.3, 0.4) is 0 Å². The van der Waals surface area contributed by atoms with Crippen LogP contribution in [-0.2, 0) is 10.5 Å². The van der Waals surface area contributed by atoms with Crippen molar-refractivity contribution in [3.63, 3.8) is 0 Å². The van der Waals surface area contributed by atoms with Crippen LogP contribution in [0.5, 0.6) is 0 Å². The van der Waals surface area contributed by atoms with Gasteiger partial charge in [0.2, 0.25) is 5.91 Å². The number of amides is 1. The van der Waals surface area contributed by atoms with Gasteiger partial charge in [-0.25, -0.2) is 0 Å². The Bertz CT molecular complexity index is 522. The molecule has 0 spiro atoms. The Balaban J connectivity index is 1.75. The van der Waals surface area contributed by atoms with Crippen molar-refractivity contribution in [3.8, 4) is 6.07 Å². The molecule has 1 fully saturated rings. The minimum absolute atomic E-state index is 0.0695. The Kier molecular flexibility index (Phi) is 4.95. The number of hydrogen-bond donors (Lipinski definition) is 1. The second kappa shape index (κ2) is 6.51. The van der Waals surface area contributed by atoms with Gasteiger partial charge in [-0.05, 0) is 43.4 Å². The van der Waals surface area contributed by atoms with Gasteiger partial charge in [-0.2, -0.15) is 5.26 Å². The van der Waals surface area contributed by atoms with Crippen molar-refractivity contribution in [1.29, 1.82) is 5.26 Å². The summed E-state index contributed by atoms with van der Waals surface area (Å²) in [5.74, 6) is 1.38. The van der Waals surface area contributed by atoms with E-state index in [1.165, 1.54) is 11.8 Å². The van der Waals surface area contributed by atoms with Gasteiger partial charge in [0.05, 0.1) is 11.8 Å². The standard InChI is InChI=1S/C15H17ClN2OS/c1-15(10-17,12-4-5-12)18-14(19)9-20-8-11-2-6-13(16)7-3-11/h2-3,6-7,12H,4-5,8-9H2,1H3,(H,18,19). The maximum Gasteiger partial charge on any atom is 0.231 e. The highest BCUT2D eigenvalue weighted by Gasteiger charge is 2.42. The molecule has 5 heteroatoms. The van der Waals surface area contributed by atoms with Crippen LogP contribution < -0.4 is 5.32 Å². The maximum absolute atomic E-state index is 11.9. The first kappa shape index (κ1) is 15.2. The molecule has 0 heterocycles. The van der Waals surface area contributed by atoms with Crippen LogP contribution in [0.4, 0.5) is 0 Å². The van der Waals surface area contributed by atoms with Gasteiger partial charge in [0.1, 0.15) is 5.54 Å². The number of nitriles is 1. The molecule has 3 nitrogen and oxygen atoms in total. The Morgan fingerprint density at radius 1 is 1.50 bits per heavy atom. The van der Waals surface area contributed by atoms with Gasteiger partial charge in [-0.15, -0.1) is 11.8 Å². The van der Waals surface area contributed by atoms with Crippen LogP contribution in [0.2, 0.25) is 5.02 Å². The highest BCUT2D eigenvalue weighted by Crippen LogP contribution is 2.39. The second-order valence-corrected chi connectivity index (χ2v) is 6.68. The normalized spacial score (nSPS) is 17.1. The van der Waals surface area contributed by atoms with Crippen LogP contribution in [0.1, 0.15) is 25.3 Å². The summed E-state index contributed by atoms with van der Waals surface area (Å²) in [4.78, 5) is 11.9. The summed E-state index contributed by atoms with van der Waals surface area (Å²) >= 11 is 7.36. The number of hydrogen-bond acceptors (Lipinski definition) is 3. The van der Waals surface area contributed by atoms with Crippen LogP contribution in [-0.4, -0.2) is 17.2 Å².